The van der Waals surface area contributed by atoms with Crippen molar-refractivity contribution < 1.29 is 52.4 Å². The molecule has 5 aliphatic rings. The second kappa shape index (κ2) is 9.40. The Balaban J connectivity index is 1.39. The quantitative estimate of drug-likeness (QED) is 0.270. The number of aliphatic hydroxyl groups is 1. The van der Waals surface area contributed by atoms with Gasteiger partial charge in [-0.2, -0.15) is 0 Å². The first-order chi connectivity index (χ1) is 22.2. The first-order valence-corrected chi connectivity index (χ1v) is 16.4. The van der Waals surface area contributed by atoms with Gasteiger partial charge in [-0.15, -0.1) is 0 Å². The fourth-order valence-corrected chi connectivity index (χ4v) is 9.01. The largest absolute Gasteiger partial charge is 0.483 e. The number of hydrogen-bond donors (Lipinski definition) is 1. The maximum atomic E-state index is 14.5. The molecule has 1 aromatic carbocycles. The Kier molecular flexibility index (Phi) is 6.38. The standard InChI is InChI=1S/C36H42O12/c1-17-18-10-11-20-21(22(18)43-25(38)19(17)16-37)23(44-28(41)35-14-12-33(8,26(39)47-35)31(35,4)5)24(30(2,3)46-20)45-29(42)36-15-13-34(9,27(40)48-36)32(36,6)7/h10-11,23-24,37H,12-16H2,1-9H3. The van der Waals surface area contributed by atoms with E-state index in [1.54, 1.807) is 74.4 Å². The maximum absolute atomic E-state index is 14.5. The Bertz CT molecular complexity index is 1900. The molecular formula is C36H42O12. The average Bonchev–Trinajstić information content (AvgIpc) is 3.46. The van der Waals surface area contributed by atoms with Crippen LogP contribution in [0.2, 0.25) is 0 Å². The highest BCUT2D eigenvalue weighted by Crippen LogP contribution is 2.67. The first kappa shape index (κ1) is 32.6. The van der Waals surface area contributed by atoms with Crippen LogP contribution in [0.1, 0.15) is 104 Å². The van der Waals surface area contributed by atoms with Crippen LogP contribution in [0.15, 0.2) is 21.3 Å². The number of hydrogen-bond acceptors (Lipinski definition) is 12. The normalized spacial score (nSPS) is 36.3. The molecule has 1 aromatic heterocycles. The molecule has 2 aromatic rings. The summed E-state index contributed by atoms with van der Waals surface area (Å²) in [7, 11) is 0. The van der Waals surface area contributed by atoms with Gasteiger partial charge < -0.3 is 33.2 Å². The SMILES string of the molecule is Cc1c(CO)c(=O)oc2c3c(ccc12)OC(C)(C)C(OC(=O)C12CCC(C)(C(=O)O1)C2(C)C)C3OC(=O)C12CCC(C)(C(=O)O1)C2(C)C. The molecule has 2 saturated carbocycles. The molecule has 7 rings (SSSR count). The molecule has 12 heteroatoms. The van der Waals surface area contributed by atoms with Crippen molar-refractivity contribution in [2.75, 3.05) is 0 Å². The lowest BCUT2D eigenvalue weighted by Gasteiger charge is -2.45. The molecule has 4 bridgehead atoms. The number of ether oxygens (including phenoxy) is 5. The van der Waals surface area contributed by atoms with Crippen LogP contribution in [0.25, 0.3) is 11.0 Å². The number of carbonyl (C=O) groups excluding carboxylic acids is 4. The average molecular weight is 667 g/mol. The van der Waals surface area contributed by atoms with E-state index in [9.17, 15) is 29.1 Å². The lowest BCUT2D eigenvalue weighted by Crippen LogP contribution is -2.57. The molecule has 0 radical (unpaired) electrons. The zero-order chi connectivity index (χ0) is 35.2. The Morgan fingerprint density at radius 3 is 1.77 bits per heavy atom. The summed E-state index contributed by atoms with van der Waals surface area (Å²) in [5.41, 5.74) is -8.38. The summed E-state index contributed by atoms with van der Waals surface area (Å²) < 4.78 is 36.5. The molecule has 3 aliphatic heterocycles. The third kappa shape index (κ3) is 3.52. The first-order valence-electron chi connectivity index (χ1n) is 16.4. The smallest absolute Gasteiger partial charge is 0.351 e. The maximum Gasteiger partial charge on any atom is 0.351 e. The van der Waals surface area contributed by atoms with Gasteiger partial charge in [0.2, 0.25) is 11.2 Å². The fourth-order valence-electron chi connectivity index (χ4n) is 9.01. The minimum Gasteiger partial charge on any atom is -0.483 e. The molecule has 4 fully saturated rings. The van der Waals surface area contributed by atoms with E-state index >= 15 is 0 Å². The second-order valence-corrected chi connectivity index (χ2v) is 16.2. The highest BCUT2D eigenvalue weighted by atomic mass is 16.7. The summed E-state index contributed by atoms with van der Waals surface area (Å²) in [5.74, 6) is -2.41. The number of esters is 4. The van der Waals surface area contributed by atoms with Crippen LogP contribution in [0.4, 0.5) is 0 Å². The molecule has 2 aliphatic carbocycles. The summed E-state index contributed by atoms with van der Waals surface area (Å²) in [4.78, 5) is 68.1. The van der Waals surface area contributed by atoms with Gasteiger partial charge in [-0.1, -0.05) is 27.7 Å². The number of fused-ring (bicyclic) bond motifs is 7. The van der Waals surface area contributed by atoms with E-state index in [1.165, 1.54) is 0 Å². The van der Waals surface area contributed by atoms with Gasteiger partial charge in [0.1, 0.15) is 16.9 Å². The van der Waals surface area contributed by atoms with Crippen LogP contribution >= 0.6 is 0 Å². The van der Waals surface area contributed by atoms with Gasteiger partial charge in [-0.05, 0) is 78.0 Å². The molecule has 1 N–H and O–H groups in total. The molecule has 0 amide bonds. The lowest BCUT2D eigenvalue weighted by atomic mass is 9.66. The van der Waals surface area contributed by atoms with E-state index in [1.807, 2.05) is 0 Å². The summed E-state index contributed by atoms with van der Waals surface area (Å²) in [6.45, 7) is 15.2. The monoisotopic (exact) mass is 666 g/mol. The number of carbonyl (C=O) groups is 4. The zero-order valence-electron chi connectivity index (χ0n) is 28.8. The van der Waals surface area contributed by atoms with Crippen LogP contribution in [0.5, 0.6) is 5.75 Å². The second-order valence-electron chi connectivity index (χ2n) is 16.2. The highest BCUT2D eigenvalue weighted by molar-refractivity contribution is 5.95. The molecular weight excluding hydrogens is 624 g/mol. The Hall–Kier alpha value is -3.93. The third-order valence-corrected chi connectivity index (χ3v) is 13.5. The van der Waals surface area contributed by atoms with Crippen molar-refractivity contribution in [1.29, 1.82) is 0 Å². The van der Waals surface area contributed by atoms with E-state index in [0.29, 0.717) is 23.8 Å². The van der Waals surface area contributed by atoms with Gasteiger partial charge in [0, 0.05) is 16.2 Å². The minimum atomic E-state index is -1.63. The van der Waals surface area contributed by atoms with Crippen LogP contribution in [0, 0.1) is 28.6 Å². The fraction of sp³-hybridized carbons (Fsp3) is 0.639. The summed E-state index contributed by atoms with van der Waals surface area (Å²) in [6, 6.07) is 3.31. The van der Waals surface area contributed by atoms with Gasteiger partial charge in [-0.3, -0.25) is 9.59 Å². The minimum absolute atomic E-state index is 0.0252. The zero-order valence-corrected chi connectivity index (χ0v) is 28.8. The van der Waals surface area contributed by atoms with E-state index in [2.05, 4.69) is 0 Å². The summed E-state index contributed by atoms with van der Waals surface area (Å²) in [6.07, 6.45) is -1.49. The number of benzene rings is 1. The summed E-state index contributed by atoms with van der Waals surface area (Å²) >= 11 is 0. The van der Waals surface area contributed by atoms with E-state index in [4.69, 9.17) is 28.1 Å². The Morgan fingerprint density at radius 2 is 1.31 bits per heavy atom. The van der Waals surface area contributed by atoms with E-state index < -0.39 is 86.8 Å². The topological polar surface area (TPSA) is 165 Å². The van der Waals surface area contributed by atoms with Gasteiger partial charge in [0.25, 0.3) is 0 Å². The van der Waals surface area contributed by atoms with Crippen molar-refractivity contribution >= 4 is 34.8 Å². The van der Waals surface area contributed by atoms with Crippen molar-refractivity contribution in [3.8, 4) is 5.75 Å². The highest BCUT2D eigenvalue weighted by Gasteiger charge is 2.78. The lowest BCUT2D eigenvalue weighted by molar-refractivity contribution is -0.217. The number of aryl methyl sites for hydroxylation is 1. The van der Waals surface area contributed by atoms with Gasteiger partial charge in [0.05, 0.1) is 28.6 Å². The Morgan fingerprint density at radius 1 is 0.792 bits per heavy atom. The predicted molar refractivity (Wildman–Crippen MR) is 166 cm³/mol. The van der Waals surface area contributed by atoms with Crippen molar-refractivity contribution in [2.24, 2.45) is 21.7 Å². The third-order valence-electron chi connectivity index (χ3n) is 13.5. The summed E-state index contributed by atoms with van der Waals surface area (Å²) in [5, 5.41) is 10.3. The van der Waals surface area contributed by atoms with Crippen molar-refractivity contribution in [3.05, 3.63) is 39.2 Å². The molecule has 0 spiro atoms. The van der Waals surface area contributed by atoms with Crippen LogP contribution in [0.3, 0.4) is 0 Å². The van der Waals surface area contributed by atoms with Crippen LogP contribution in [-0.2, 0) is 44.7 Å². The van der Waals surface area contributed by atoms with Gasteiger partial charge in [0.15, 0.2) is 12.2 Å². The van der Waals surface area contributed by atoms with Crippen molar-refractivity contribution in [3.63, 3.8) is 0 Å². The van der Waals surface area contributed by atoms with Gasteiger partial charge in [-0.25, -0.2) is 14.4 Å². The number of aliphatic hydroxyl groups excluding tert-OH is 1. The van der Waals surface area contributed by atoms with E-state index in [0.717, 1.165) is 0 Å². The molecule has 12 nitrogen and oxygen atoms in total. The van der Waals surface area contributed by atoms with Crippen molar-refractivity contribution in [2.45, 2.75) is 124 Å². The van der Waals surface area contributed by atoms with Crippen LogP contribution < -0.4 is 10.4 Å². The Labute approximate surface area is 277 Å². The van der Waals surface area contributed by atoms with Gasteiger partial charge >= 0.3 is 29.5 Å². The molecule has 6 unspecified atom stereocenters. The van der Waals surface area contributed by atoms with Crippen molar-refractivity contribution in [1.82, 2.24) is 0 Å². The number of rotatable bonds is 5. The van der Waals surface area contributed by atoms with Crippen LogP contribution in [-0.4, -0.2) is 51.9 Å². The van der Waals surface area contributed by atoms with E-state index in [-0.39, 0.29) is 35.3 Å². The molecule has 4 heterocycles. The predicted octanol–water partition coefficient (Wildman–Crippen LogP) is 4.50. The molecule has 48 heavy (non-hydrogen) atoms. The molecule has 258 valence electrons. The molecule has 6 atom stereocenters. The molecule has 2 saturated heterocycles.